The number of aliphatic hydroxyl groups is 2. The summed E-state index contributed by atoms with van der Waals surface area (Å²) in [6.45, 7) is 0.392. The number of fused-ring (bicyclic) bond motifs is 1. The number of nitrogens with one attached hydrogen (secondary N) is 1. The molecule has 4 nitrogen and oxygen atoms in total. The van der Waals surface area contributed by atoms with E-state index in [9.17, 15) is 0 Å². The molecule has 3 N–H and O–H groups in total. The van der Waals surface area contributed by atoms with E-state index in [1.807, 2.05) is 24.3 Å². The number of hydrogen-bond acceptors (Lipinski definition) is 4. The van der Waals surface area contributed by atoms with Gasteiger partial charge in [-0.2, -0.15) is 0 Å². The number of hydrogen-bond donors (Lipinski definition) is 3. The van der Waals surface area contributed by atoms with Gasteiger partial charge in [0.1, 0.15) is 0 Å². The lowest BCUT2D eigenvalue weighted by Gasteiger charge is -2.14. The van der Waals surface area contributed by atoms with Gasteiger partial charge in [0.2, 0.25) is 0 Å². The minimum absolute atomic E-state index is 0.0849. The Balaban J connectivity index is 2.26. The van der Waals surface area contributed by atoms with Gasteiger partial charge in [0.15, 0.2) is 0 Å². The van der Waals surface area contributed by atoms with Crippen molar-refractivity contribution >= 4 is 26.8 Å². The summed E-state index contributed by atoms with van der Waals surface area (Å²) in [7, 11) is 0. The molecule has 0 bridgehead atoms. The standard InChI is InChI=1S/C13H15BrN2O2/c14-12-4-3-9(6-16-10(7-17)8-18)13-11(12)2-1-5-15-13/h1-5,10,16-18H,6-8H2. The van der Waals surface area contributed by atoms with E-state index >= 15 is 0 Å². The molecule has 0 radical (unpaired) electrons. The topological polar surface area (TPSA) is 65.4 Å². The quantitative estimate of drug-likeness (QED) is 0.782. The van der Waals surface area contributed by atoms with E-state index in [1.54, 1.807) is 6.20 Å². The SMILES string of the molecule is OCC(CO)NCc1ccc(Br)c2cccnc12. The van der Waals surface area contributed by atoms with Crippen LogP contribution in [0, 0.1) is 0 Å². The Morgan fingerprint density at radius 3 is 2.72 bits per heavy atom. The molecule has 0 amide bonds. The first kappa shape index (κ1) is 13.4. The van der Waals surface area contributed by atoms with E-state index in [2.05, 4.69) is 26.2 Å². The Morgan fingerprint density at radius 2 is 2.00 bits per heavy atom. The summed E-state index contributed by atoms with van der Waals surface area (Å²) < 4.78 is 1.01. The number of rotatable bonds is 5. The summed E-state index contributed by atoms with van der Waals surface area (Å²) in [6.07, 6.45) is 1.76. The molecular formula is C13H15BrN2O2. The molecule has 5 heteroatoms. The number of benzene rings is 1. The average molecular weight is 311 g/mol. The first-order chi connectivity index (χ1) is 8.76. The molecule has 0 aliphatic heterocycles. The maximum absolute atomic E-state index is 9.02. The van der Waals surface area contributed by atoms with Gasteiger partial charge in [0.25, 0.3) is 0 Å². The second-order valence-corrected chi connectivity index (χ2v) is 4.90. The number of pyridine rings is 1. The second-order valence-electron chi connectivity index (χ2n) is 4.05. The fraction of sp³-hybridized carbons (Fsp3) is 0.308. The molecule has 0 spiro atoms. The molecule has 1 aromatic heterocycles. The zero-order valence-corrected chi connectivity index (χ0v) is 11.4. The van der Waals surface area contributed by atoms with Crippen molar-refractivity contribution in [3.63, 3.8) is 0 Å². The molecule has 96 valence electrons. The minimum Gasteiger partial charge on any atom is -0.395 e. The molecule has 1 heterocycles. The van der Waals surface area contributed by atoms with Crippen molar-refractivity contribution in [3.05, 3.63) is 40.5 Å². The third-order valence-corrected chi connectivity index (χ3v) is 3.51. The molecular weight excluding hydrogens is 296 g/mol. The van der Waals surface area contributed by atoms with Gasteiger partial charge in [0.05, 0.1) is 24.8 Å². The van der Waals surface area contributed by atoms with Crippen molar-refractivity contribution in [3.8, 4) is 0 Å². The van der Waals surface area contributed by atoms with Crippen LogP contribution in [0.1, 0.15) is 5.56 Å². The third kappa shape index (κ3) is 2.87. The summed E-state index contributed by atoms with van der Waals surface area (Å²) in [4.78, 5) is 4.38. The number of halogens is 1. The zero-order chi connectivity index (χ0) is 13.0. The Hall–Kier alpha value is -1.01. The average Bonchev–Trinajstić information content (AvgIpc) is 2.42. The van der Waals surface area contributed by atoms with Gasteiger partial charge in [0, 0.05) is 22.6 Å². The van der Waals surface area contributed by atoms with Crippen LogP contribution in [0.15, 0.2) is 34.9 Å². The van der Waals surface area contributed by atoms with Crippen LogP contribution >= 0.6 is 15.9 Å². The van der Waals surface area contributed by atoms with Gasteiger partial charge in [-0.05, 0) is 17.7 Å². The molecule has 0 unspecified atom stereocenters. The second kappa shape index (κ2) is 6.24. The van der Waals surface area contributed by atoms with E-state index in [-0.39, 0.29) is 19.3 Å². The van der Waals surface area contributed by atoms with Gasteiger partial charge in [-0.25, -0.2) is 0 Å². The van der Waals surface area contributed by atoms with Crippen LogP contribution in [0.3, 0.4) is 0 Å². The summed E-state index contributed by atoms with van der Waals surface area (Å²) in [5.41, 5.74) is 1.97. The van der Waals surface area contributed by atoms with Crippen molar-refractivity contribution in [2.75, 3.05) is 13.2 Å². The van der Waals surface area contributed by atoms with Crippen molar-refractivity contribution in [2.24, 2.45) is 0 Å². The van der Waals surface area contributed by atoms with Gasteiger partial charge in [-0.15, -0.1) is 0 Å². The maximum Gasteiger partial charge on any atom is 0.0758 e. The molecule has 0 saturated heterocycles. The van der Waals surface area contributed by atoms with Gasteiger partial charge in [-0.3, -0.25) is 4.98 Å². The highest BCUT2D eigenvalue weighted by Crippen LogP contribution is 2.25. The molecule has 0 fully saturated rings. The lowest BCUT2D eigenvalue weighted by Crippen LogP contribution is -2.35. The largest absolute Gasteiger partial charge is 0.395 e. The smallest absolute Gasteiger partial charge is 0.0758 e. The van der Waals surface area contributed by atoms with Crippen molar-refractivity contribution < 1.29 is 10.2 Å². The van der Waals surface area contributed by atoms with Gasteiger partial charge < -0.3 is 15.5 Å². The number of aliphatic hydroxyl groups excluding tert-OH is 2. The van der Waals surface area contributed by atoms with Crippen molar-refractivity contribution in [2.45, 2.75) is 12.6 Å². The summed E-state index contributed by atoms with van der Waals surface area (Å²) >= 11 is 3.50. The highest BCUT2D eigenvalue weighted by molar-refractivity contribution is 9.10. The highest BCUT2D eigenvalue weighted by Gasteiger charge is 2.08. The lowest BCUT2D eigenvalue weighted by atomic mass is 10.1. The minimum atomic E-state index is -0.299. The number of aromatic nitrogens is 1. The summed E-state index contributed by atoms with van der Waals surface area (Å²) in [5.74, 6) is 0. The van der Waals surface area contributed by atoms with E-state index < -0.39 is 0 Å². The van der Waals surface area contributed by atoms with Crippen molar-refractivity contribution in [1.29, 1.82) is 0 Å². The summed E-state index contributed by atoms with van der Waals surface area (Å²) in [5, 5.41) is 22.2. The molecule has 18 heavy (non-hydrogen) atoms. The van der Waals surface area contributed by atoms with Crippen LogP contribution in [0.5, 0.6) is 0 Å². The zero-order valence-electron chi connectivity index (χ0n) is 9.81. The van der Waals surface area contributed by atoms with E-state index in [0.29, 0.717) is 6.54 Å². The Bertz CT molecular complexity index is 529. The highest BCUT2D eigenvalue weighted by atomic mass is 79.9. The van der Waals surface area contributed by atoms with E-state index in [1.165, 1.54) is 0 Å². The van der Waals surface area contributed by atoms with Crippen LogP contribution in [-0.2, 0) is 6.54 Å². The van der Waals surface area contributed by atoms with E-state index in [0.717, 1.165) is 20.9 Å². The summed E-state index contributed by atoms with van der Waals surface area (Å²) in [6, 6.07) is 7.57. The molecule has 1 aromatic carbocycles. The monoisotopic (exact) mass is 310 g/mol. The Labute approximate surface area is 114 Å². The molecule has 2 aromatic rings. The first-order valence-electron chi connectivity index (χ1n) is 5.73. The van der Waals surface area contributed by atoms with Crippen LogP contribution in [0.4, 0.5) is 0 Å². The van der Waals surface area contributed by atoms with Crippen LogP contribution in [-0.4, -0.2) is 34.5 Å². The van der Waals surface area contributed by atoms with Crippen LogP contribution < -0.4 is 5.32 Å². The molecule has 0 aliphatic rings. The van der Waals surface area contributed by atoms with Crippen LogP contribution in [0.25, 0.3) is 10.9 Å². The lowest BCUT2D eigenvalue weighted by molar-refractivity contribution is 0.170. The fourth-order valence-electron chi connectivity index (χ4n) is 1.78. The Morgan fingerprint density at radius 1 is 1.22 bits per heavy atom. The molecule has 0 atom stereocenters. The predicted octanol–water partition coefficient (Wildman–Crippen LogP) is 1.44. The molecule has 2 rings (SSSR count). The maximum atomic E-state index is 9.02. The Kier molecular flexibility index (Phi) is 4.66. The van der Waals surface area contributed by atoms with Gasteiger partial charge >= 0.3 is 0 Å². The van der Waals surface area contributed by atoms with Crippen molar-refractivity contribution in [1.82, 2.24) is 10.3 Å². The third-order valence-electron chi connectivity index (χ3n) is 2.82. The molecule has 0 aliphatic carbocycles. The fourth-order valence-corrected chi connectivity index (χ4v) is 2.23. The number of nitrogens with zero attached hydrogens (tertiary/aromatic N) is 1. The first-order valence-corrected chi connectivity index (χ1v) is 6.52. The van der Waals surface area contributed by atoms with E-state index in [4.69, 9.17) is 10.2 Å². The molecule has 0 saturated carbocycles. The predicted molar refractivity (Wildman–Crippen MR) is 74.2 cm³/mol. The normalized spacial score (nSPS) is 11.3. The van der Waals surface area contributed by atoms with Gasteiger partial charge in [-0.1, -0.05) is 28.1 Å². The van der Waals surface area contributed by atoms with Crippen LogP contribution in [0.2, 0.25) is 0 Å².